The molecule has 0 saturated carbocycles. The van der Waals surface area contributed by atoms with Crippen LogP contribution >= 0.6 is 15.9 Å². The van der Waals surface area contributed by atoms with Crippen molar-refractivity contribution >= 4 is 21.8 Å². The molecular weight excluding hydrogens is 306 g/mol. The summed E-state index contributed by atoms with van der Waals surface area (Å²) in [6.07, 6.45) is 4.32. The van der Waals surface area contributed by atoms with Crippen LogP contribution in [-0.2, 0) is 6.54 Å². The maximum atomic E-state index is 12.6. The summed E-state index contributed by atoms with van der Waals surface area (Å²) in [6.45, 7) is 6.86. The monoisotopic (exact) mass is 325 g/mol. The number of carbonyl (C=O) groups excluding carboxylic acids is 1. The maximum Gasteiger partial charge on any atom is 0.270 e. The number of hydrogen-bond acceptors (Lipinski definition) is 2. The highest BCUT2D eigenvalue weighted by atomic mass is 79.9. The van der Waals surface area contributed by atoms with Crippen LogP contribution in [0.3, 0.4) is 0 Å². The Morgan fingerprint density at radius 1 is 1.53 bits per heavy atom. The van der Waals surface area contributed by atoms with Crippen LogP contribution in [0.1, 0.15) is 30.3 Å². The fourth-order valence-corrected chi connectivity index (χ4v) is 3.79. The second kappa shape index (κ2) is 4.94. The van der Waals surface area contributed by atoms with Gasteiger partial charge < -0.3 is 14.8 Å². The summed E-state index contributed by atoms with van der Waals surface area (Å²) in [5.74, 6) is 0.177. The van der Waals surface area contributed by atoms with Crippen LogP contribution in [-0.4, -0.2) is 41.6 Å². The molecule has 0 radical (unpaired) electrons. The minimum absolute atomic E-state index is 0.177. The van der Waals surface area contributed by atoms with Crippen LogP contribution in [0.15, 0.2) is 16.7 Å². The first-order chi connectivity index (χ1) is 9.13. The highest BCUT2D eigenvalue weighted by Gasteiger charge is 2.42. The SMILES string of the molecule is CCn1cc(Br)cc1C(=O)N1CCC2(CCNC2)C1. The number of nitrogens with one attached hydrogen (secondary N) is 1. The van der Waals surface area contributed by atoms with E-state index in [1.165, 1.54) is 6.42 Å². The van der Waals surface area contributed by atoms with Crippen molar-refractivity contribution in [2.75, 3.05) is 26.2 Å². The molecule has 2 aliphatic rings. The lowest BCUT2D eigenvalue weighted by atomic mass is 9.87. The van der Waals surface area contributed by atoms with Gasteiger partial charge in [-0.1, -0.05) is 0 Å². The molecule has 0 aliphatic carbocycles. The van der Waals surface area contributed by atoms with Crippen LogP contribution in [0.2, 0.25) is 0 Å². The lowest BCUT2D eigenvalue weighted by Crippen LogP contribution is -2.34. The van der Waals surface area contributed by atoms with E-state index in [0.29, 0.717) is 5.41 Å². The Balaban J connectivity index is 1.77. The molecule has 1 amide bonds. The largest absolute Gasteiger partial charge is 0.343 e. The normalized spacial score (nSPS) is 26.5. The molecular formula is C14H20BrN3O. The van der Waals surface area contributed by atoms with Crippen molar-refractivity contribution in [3.05, 3.63) is 22.4 Å². The topological polar surface area (TPSA) is 37.3 Å². The van der Waals surface area contributed by atoms with Crippen molar-refractivity contribution in [1.82, 2.24) is 14.8 Å². The summed E-state index contributed by atoms with van der Waals surface area (Å²) in [7, 11) is 0. The molecule has 1 atom stereocenters. The van der Waals surface area contributed by atoms with E-state index >= 15 is 0 Å². The van der Waals surface area contributed by atoms with Gasteiger partial charge in [-0.3, -0.25) is 4.79 Å². The summed E-state index contributed by atoms with van der Waals surface area (Å²) in [6, 6.07) is 1.93. The Hall–Kier alpha value is -0.810. The number of amides is 1. The Morgan fingerprint density at radius 3 is 3.05 bits per heavy atom. The first-order valence-corrected chi connectivity index (χ1v) is 7.78. The van der Waals surface area contributed by atoms with E-state index in [-0.39, 0.29) is 5.91 Å². The first-order valence-electron chi connectivity index (χ1n) is 6.99. The molecule has 2 aliphatic heterocycles. The number of nitrogens with zero attached hydrogens (tertiary/aromatic N) is 2. The number of rotatable bonds is 2. The second-order valence-electron chi connectivity index (χ2n) is 5.73. The zero-order valence-corrected chi connectivity index (χ0v) is 12.9. The molecule has 0 bridgehead atoms. The summed E-state index contributed by atoms with van der Waals surface area (Å²) < 4.78 is 3.00. The van der Waals surface area contributed by atoms with Gasteiger partial charge in [-0.15, -0.1) is 0 Å². The second-order valence-corrected chi connectivity index (χ2v) is 6.65. The van der Waals surface area contributed by atoms with Crippen molar-refractivity contribution in [2.24, 2.45) is 5.41 Å². The van der Waals surface area contributed by atoms with E-state index in [2.05, 4.69) is 28.2 Å². The molecule has 1 N–H and O–H groups in total. The number of carbonyl (C=O) groups is 1. The van der Waals surface area contributed by atoms with Gasteiger partial charge in [0.2, 0.25) is 0 Å². The van der Waals surface area contributed by atoms with E-state index in [4.69, 9.17) is 0 Å². The van der Waals surface area contributed by atoms with Gasteiger partial charge in [0.05, 0.1) is 0 Å². The fourth-order valence-electron chi connectivity index (χ4n) is 3.33. The molecule has 1 spiro atoms. The van der Waals surface area contributed by atoms with Crippen molar-refractivity contribution < 1.29 is 4.79 Å². The van der Waals surface area contributed by atoms with Crippen LogP contribution in [0.4, 0.5) is 0 Å². The third-order valence-corrected chi connectivity index (χ3v) is 4.91. The molecule has 2 saturated heterocycles. The van der Waals surface area contributed by atoms with Gasteiger partial charge in [0.15, 0.2) is 0 Å². The zero-order valence-electron chi connectivity index (χ0n) is 11.3. The van der Waals surface area contributed by atoms with Crippen molar-refractivity contribution in [3.63, 3.8) is 0 Å². The van der Waals surface area contributed by atoms with Crippen LogP contribution in [0, 0.1) is 5.41 Å². The summed E-state index contributed by atoms with van der Waals surface area (Å²) >= 11 is 3.46. The zero-order chi connectivity index (χ0) is 13.5. The molecule has 0 aromatic carbocycles. The molecule has 2 fully saturated rings. The Labute approximate surface area is 122 Å². The molecule has 4 nitrogen and oxygen atoms in total. The number of halogens is 1. The molecule has 1 aromatic rings. The average Bonchev–Trinajstić information content (AvgIpc) is 3.10. The van der Waals surface area contributed by atoms with E-state index in [9.17, 15) is 4.79 Å². The first kappa shape index (κ1) is 13.2. The Bertz CT molecular complexity index is 491. The van der Waals surface area contributed by atoms with Crippen molar-refractivity contribution in [2.45, 2.75) is 26.3 Å². The molecule has 19 heavy (non-hydrogen) atoms. The van der Waals surface area contributed by atoms with Gasteiger partial charge in [0.1, 0.15) is 5.69 Å². The quantitative estimate of drug-likeness (QED) is 0.904. The smallest absolute Gasteiger partial charge is 0.270 e. The van der Waals surface area contributed by atoms with Crippen molar-refractivity contribution in [1.29, 1.82) is 0 Å². The minimum Gasteiger partial charge on any atom is -0.343 e. The van der Waals surface area contributed by atoms with Gasteiger partial charge in [0, 0.05) is 42.3 Å². The summed E-state index contributed by atoms with van der Waals surface area (Å²) in [4.78, 5) is 14.7. The van der Waals surface area contributed by atoms with Gasteiger partial charge in [-0.05, 0) is 48.3 Å². The van der Waals surface area contributed by atoms with Gasteiger partial charge in [-0.25, -0.2) is 0 Å². The average molecular weight is 326 g/mol. The van der Waals surface area contributed by atoms with E-state index < -0.39 is 0 Å². The van der Waals surface area contributed by atoms with Gasteiger partial charge in [-0.2, -0.15) is 0 Å². The lowest BCUT2D eigenvalue weighted by Gasteiger charge is -2.23. The molecule has 1 aromatic heterocycles. The highest BCUT2D eigenvalue weighted by Crippen LogP contribution is 2.36. The molecule has 3 rings (SSSR count). The summed E-state index contributed by atoms with van der Waals surface area (Å²) in [5.41, 5.74) is 1.15. The lowest BCUT2D eigenvalue weighted by molar-refractivity contribution is 0.0765. The van der Waals surface area contributed by atoms with E-state index in [1.807, 2.05) is 21.7 Å². The van der Waals surface area contributed by atoms with Crippen LogP contribution in [0.25, 0.3) is 0 Å². The highest BCUT2D eigenvalue weighted by molar-refractivity contribution is 9.10. The molecule has 5 heteroatoms. The summed E-state index contributed by atoms with van der Waals surface area (Å²) in [5, 5.41) is 3.43. The van der Waals surface area contributed by atoms with Crippen molar-refractivity contribution in [3.8, 4) is 0 Å². The molecule has 104 valence electrons. The minimum atomic E-state index is 0.177. The molecule has 3 heterocycles. The Morgan fingerprint density at radius 2 is 2.37 bits per heavy atom. The standard InChI is InChI=1S/C14H20BrN3O/c1-2-17-8-11(15)7-12(17)13(19)18-6-4-14(10-18)3-5-16-9-14/h7-8,16H,2-6,9-10H2,1H3. The van der Waals surface area contributed by atoms with Crippen LogP contribution < -0.4 is 5.32 Å². The third kappa shape index (κ3) is 2.34. The van der Waals surface area contributed by atoms with Gasteiger partial charge in [0.25, 0.3) is 5.91 Å². The molecule has 1 unspecified atom stereocenters. The Kier molecular flexibility index (Phi) is 3.43. The maximum absolute atomic E-state index is 12.6. The number of hydrogen-bond donors (Lipinski definition) is 1. The van der Waals surface area contributed by atoms with Gasteiger partial charge >= 0.3 is 0 Å². The number of likely N-dealkylation sites (tertiary alicyclic amines) is 1. The van der Waals surface area contributed by atoms with E-state index in [0.717, 1.165) is 49.3 Å². The number of aryl methyl sites for hydroxylation is 1. The third-order valence-electron chi connectivity index (χ3n) is 4.48. The fraction of sp³-hybridized carbons (Fsp3) is 0.643. The number of aromatic nitrogens is 1. The predicted octanol–water partition coefficient (Wildman–Crippen LogP) is 2.10. The van der Waals surface area contributed by atoms with E-state index in [1.54, 1.807) is 0 Å². The van der Waals surface area contributed by atoms with Crippen LogP contribution in [0.5, 0.6) is 0 Å². The predicted molar refractivity (Wildman–Crippen MR) is 78.2 cm³/mol.